The maximum atomic E-state index is 13.7. The monoisotopic (exact) mass is 424 g/mol. The summed E-state index contributed by atoms with van der Waals surface area (Å²) in [6.45, 7) is 1.15. The lowest BCUT2D eigenvalue weighted by molar-refractivity contribution is -0.360. The SMILES string of the molecule is CSc1nc(C(F)(F)C(F)(F)C(F)(F)F)cc(=O)n1CCCCOC(C)=O. The van der Waals surface area contributed by atoms with Gasteiger partial charge < -0.3 is 4.74 Å². The van der Waals surface area contributed by atoms with E-state index in [4.69, 9.17) is 0 Å². The van der Waals surface area contributed by atoms with Gasteiger partial charge in [0.1, 0.15) is 5.69 Å². The number of thioether (sulfide) groups is 1. The normalized spacial score (nSPS) is 12.9. The zero-order valence-electron chi connectivity index (χ0n) is 14.1. The predicted octanol–water partition coefficient (Wildman–Crippen LogP) is 3.60. The second-order valence-electron chi connectivity index (χ2n) is 5.31. The molecule has 1 rings (SSSR count). The van der Waals surface area contributed by atoms with Crippen molar-refractivity contribution >= 4 is 17.7 Å². The molecule has 1 aromatic rings. The molecular formula is C14H15F7N2O3S. The molecule has 0 N–H and O–H groups in total. The smallest absolute Gasteiger partial charge is 0.460 e. The highest BCUT2D eigenvalue weighted by Crippen LogP contribution is 2.51. The van der Waals surface area contributed by atoms with E-state index in [2.05, 4.69) is 9.72 Å². The second-order valence-corrected chi connectivity index (χ2v) is 6.09. The van der Waals surface area contributed by atoms with Crippen LogP contribution in [0, 0.1) is 0 Å². The van der Waals surface area contributed by atoms with E-state index in [0.29, 0.717) is 18.2 Å². The van der Waals surface area contributed by atoms with Crippen LogP contribution in [0.25, 0.3) is 0 Å². The lowest BCUT2D eigenvalue weighted by atomic mass is 10.1. The average molecular weight is 424 g/mol. The van der Waals surface area contributed by atoms with Gasteiger partial charge in [-0.3, -0.25) is 14.2 Å². The molecule has 0 bridgehead atoms. The number of hydrogen-bond donors (Lipinski definition) is 0. The van der Waals surface area contributed by atoms with Crippen LogP contribution in [0.15, 0.2) is 16.0 Å². The van der Waals surface area contributed by atoms with Crippen molar-refractivity contribution in [1.82, 2.24) is 9.55 Å². The van der Waals surface area contributed by atoms with E-state index >= 15 is 0 Å². The van der Waals surface area contributed by atoms with Gasteiger partial charge in [0.25, 0.3) is 5.56 Å². The van der Waals surface area contributed by atoms with Gasteiger partial charge in [0.15, 0.2) is 5.16 Å². The predicted molar refractivity (Wildman–Crippen MR) is 81.0 cm³/mol. The van der Waals surface area contributed by atoms with E-state index in [1.165, 1.54) is 13.2 Å². The number of aromatic nitrogens is 2. The number of nitrogens with zero attached hydrogens (tertiary/aromatic N) is 2. The Labute approximate surface area is 152 Å². The number of alkyl halides is 7. The van der Waals surface area contributed by atoms with Crippen LogP contribution in [0.3, 0.4) is 0 Å². The Morgan fingerprint density at radius 3 is 2.26 bits per heavy atom. The first kappa shape index (κ1) is 23.2. The molecular weight excluding hydrogens is 409 g/mol. The van der Waals surface area contributed by atoms with E-state index in [1.807, 2.05) is 0 Å². The molecule has 0 aliphatic carbocycles. The number of rotatable bonds is 8. The van der Waals surface area contributed by atoms with Crippen molar-refractivity contribution in [3.05, 3.63) is 22.1 Å². The highest BCUT2D eigenvalue weighted by atomic mass is 32.2. The standard InChI is InChI=1S/C14H15F7N2O3S/c1-8(24)26-6-4-3-5-23-10(25)7-9(22-11(23)27-2)12(15,16)13(17,18)14(19,20)21/h7H,3-6H2,1-2H3. The zero-order chi connectivity index (χ0) is 21.0. The summed E-state index contributed by atoms with van der Waals surface area (Å²) in [5, 5.41) is -0.442. The maximum absolute atomic E-state index is 13.7. The zero-order valence-corrected chi connectivity index (χ0v) is 14.9. The number of halogens is 7. The van der Waals surface area contributed by atoms with Crippen molar-refractivity contribution in [1.29, 1.82) is 0 Å². The van der Waals surface area contributed by atoms with Crippen LogP contribution >= 0.6 is 11.8 Å². The number of hydrogen-bond acceptors (Lipinski definition) is 5. The molecule has 154 valence electrons. The summed E-state index contributed by atoms with van der Waals surface area (Å²) in [4.78, 5) is 25.7. The van der Waals surface area contributed by atoms with Crippen LogP contribution < -0.4 is 5.56 Å². The number of carbonyl (C=O) groups excluding carboxylic acids is 1. The summed E-state index contributed by atoms with van der Waals surface area (Å²) in [7, 11) is 0. The second kappa shape index (κ2) is 8.48. The molecule has 0 amide bonds. The van der Waals surface area contributed by atoms with Crippen LogP contribution in [0.2, 0.25) is 0 Å². The molecule has 1 aromatic heterocycles. The first-order valence-electron chi connectivity index (χ1n) is 7.37. The molecule has 0 saturated carbocycles. The summed E-state index contributed by atoms with van der Waals surface area (Å²) in [6.07, 6.45) is -4.68. The molecule has 0 aliphatic heterocycles. The first-order chi connectivity index (χ1) is 12.3. The quantitative estimate of drug-likeness (QED) is 0.210. The van der Waals surface area contributed by atoms with Gasteiger partial charge in [-0.2, -0.15) is 30.7 Å². The molecule has 0 unspecified atom stereocenters. The van der Waals surface area contributed by atoms with Gasteiger partial charge in [-0.15, -0.1) is 0 Å². The van der Waals surface area contributed by atoms with Gasteiger partial charge in [0.2, 0.25) is 0 Å². The molecule has 1 heterocycles. The number of esters is 1. The van der Waals surface area contributed by atoms with Gasteiger partial charge in [-0.25, -0.2) is 4.98 Å². The number of carbonyl (C=O) groups is 1. The molecule has 0 spiro atoms. The lowest BCUT2D eigenvalue weighted by Crippen LogP contribution is -2.51. The summed E-state index contributed by atoms with van der Waals surface area (Å²) >= 11 is 0.634. The van der Waals surface area contributed by atoms with Crippen molar-refractivity contribution in [2.24, 2.45) is 0 Å². The summed E-state index contributed by atoms with van der Waals surface area (Å²) in [5.74, 6) is -12.6. The van der Waals surface area contributed by atoms with E-state index < -0.39 is 40.4 Å². The largest absolute Gasteiger partial charge is 0.466 e. The fraction of sp³-hybridized carbons (Fsp3) is 0.643. The summed E-state index contributed by atoms with van der Waals surface area (Å²) in [6, 6.07) is -0.0363. The molecule has 0 radical (unpaired) electrons. The van der Waals surface area contributed by atoms with E-state index in [9.17, 15) is 40.3 Å². The fourth-order valence-electron chi connectivity index (χ4n) is 1.93. The van der Waals surface area contributed by atoms with E-state index in [-0.39, 0.29) is 25.6 Å². The third-order valence-corrected chi connectivity index (χ3v) is 3.99. The third kappa shape index (κ3) is 5.14. The van der Waals surface area contributed by atoms with Crippen molar-refractivity contribution in [2.45, 2.75) is 49.5 Å². The maximum Gasteiger partial charge on any atom is 0.460 e. The van der Waals surface area contributed by atoms with Crippen LogP contribution in [0.1, 0.15) is 25.5 Å². The van der Waals surface area contributed by atoms with Crippen molar-refractivity contribution in [3.8, 4) is 0 Å². The molecule has 5 nitrogen and oxygen atoms in total. The Morgan fingerprint density at radius 2 is 1.78 bits per heavy atom. The first-order valence-corrected chi connectivity index (χ1v) is 8.60. The van der Waals surface area contributed by atoms with Gasteiger partial charge in [-0.1, -0.05) is 11.8 Å². The number of unbranched alkanes of at least 4 members (excludes halogenated alkanes) is 1. The molecule has 0 aliphatic rings. The van der Waals surface area contributed by atoms with Crippen LogP contribution in [-0.2, 0) is 22.0 Å². The highest BCUT2D eigenvalue weighted by molar-refractivity contribution is 7.98. The third-order valence-electron chi connectivity index (χ3n) is 3.31. The van der Waals surface area contributed by atoms with Crippen molar-refractivity contribution < 1.29 is 40.3 Å². The minimum absolute atomic E-state index is 0.0363. The molecule has 0 aromatic carbocycles. The summed E-state index contributed by atoms with van der Waals surface area (Å²) in [5.41, 5.74) is -3.16. The lowest BCUT2D eigenvalue weighted by Gasteiger charge is -2.28. The van der Waals surface area contributed by atoms with Crippen molar-refractivity contribution in [2.75, 3.05) is 12.9 Å². The fourth-order valence-corrected chi connectivity index (χ4v) is 2.53. The Bertz CT molecular complexity index is 734. The Balaban J connectivity index is 3.13. The van der Waals surface area contributed by atoms with Gasteiger partial charge >= 0.3 is 24.0 Å². The van der Waals surface area contributed by atoms with Gasteiger partial charge in [0, 0.05) is 19.5 Å². The molecule has 27 heavy (non-hydrogen) atoms. The van der Waals surface area contributed by atoms with Crippen LogP contribution in [0.4, 0.5) is 30.7 Å². The summed E-state index contributed by atoms with van der Waals surface area (Å²) < 4.78 is 96.2. The molecule has 0 fully saturated rings. The highest BCUT2D eigenvalue weighted by Gasteiger charge is 2.74. The van der Waals surface area contributed by atoms with Gasteiger partial charge in [0.05, 0.1) is 6.61 Å². The molecule has 13 heteroatoms. The Hall–Kier alpha value is -1.79. The molecule has 0 saturated heterocycles. The minimum atomic E-state index is -6.52. The van der Waals surface area contributed by atoms with Crippen LogP contribution in [-0.4, -0.2) is 40.5 Å². The average Bonchev–Trinajstić information content (AvgIpc) is 2.53. The minimum Gasteiger partial charge on any atom is -0.466 e. The number of ether oxygens (including phenoxy) is 1. The van der Waals surface area contributed by atoms with Gasteiger partial charge in [-0.05, 0) is 19.1 Å². The van der Waals surface area contributed by atoms with Crippen LogP contribution in [0.5, 0.6) is 0 Å². The van der Waals surface area contributed by atoms with E-state index in [1.54, 1.807) is 0 Å². The Morgan fingerprint density at radius 1 is 1.19 bits per heavy atom. The van der Waals surface area contributed by atoms with Crippen molar-refractivity contribution in [3.63, 3.8) is 0 Å². The van der Waals surface area contributed by atoms with E-state index in [0.717, 1.165) is 4.57 Å². The topological polar surface area (TPSA) is 61.2 Å². The molecule has 0 atom stereocenters. The Kier molecular flexibility index (Phi) is 7.30.